The lowest BCUT2D eigenvalue weighted by Crippen LogP contribution is -2.33. The van der Waals surface area contributed by atoms with Crippen LogP contribution >= 0.6 is 46.4 Å². The van der Waals surface area contributed by atoms with Gasteiger partial charge in [0.05, 0.1) is 19.8 Å². The molecule has 27 heavy (non-hydrogen) atoms. The van der Waals surface area contributed by atoms with E-state index in [1.807, 2.05) is 0 Å². The van der Waals surface area contributed by atoms with Crippen LogP contribution < -0.4 is 0 Å². The van der Waals surface area contributed by atoms with Crippen molar-refractivity contribution in [2.24, 2.45) is 0 Å². The fraction of sp³-hybridized carbons (Fsp3) is 0.316. The van der Waals surface area contributed by atoms with Gasteiger partial charge in [0, 0.05) is 20.1 Å². The first-order valence-corrected chi connectivity index (χ1v) is 9.67. The summed E-state index contributed by atoms with van der Waals surface area (Å²) in [5.74, 6) is -0.127. The van der Waals surface area contributed by atoms with E-state index >= 15 is 0 Å². The molecule has 1 aliphatic rings. The Hall–Kier alpha value is -0.850. The van der Waals surface area contributed by atoms with Crippen molar-refractivity contribution in [3.63, 3.8) is 0 Å². The molecule has 144 valence electrons. The van der Waals surface area contributed by atoms with E-state index in [4.69, 9.17) is 60.6 Å². The quantitative estimate of drug-likeness (QED) is 0.569. The topological polar surface area (TPSA) is 44.8 Å². The summed E-state index contributed by atoms with van der Waals surface area (Å²) in [6.45, 7) is 0.646. The maximum Gasteiger partial charge on any atom is 0.189 e. The molecule has 1 saturated heterocycles. The van der Waals surface area contributed by atoms with Crippen molar-refractivity contribution in [2.45, 2.75) is 25.4 Å². The molecule has 1 aliphatic heterocycles. The van der Waals surface area contributed by atoms with E-state index in [1.165, 1.54) is 0 Å². The number of benzene rings is 2. The van der Waals surface area contributed by atoms with E-state index in [-0.39, 0.29) is 32.2 Å². The van der Waals surface area contributed by atoms with Gasteiger partial charge in [0.15, 0.2) is 5.78 Å². The summed E-state index contributed by atoms with van der Waals surface area (Å²) in [5, 5.41) is 2.11. The van der Waals surface area contributed by atoms with Crippen LogP contribution in [0.1, 0.15) is 11.1 Å². The minimum atomic E-state index is -0.711. The third-order valence-corrected chi connectivity index (χ3v) is 5.26. The summed E-state index contributed by atoms with van der Waals surface area (Å²) in [6.07, 6.45) is -1.20. The molecular weight excluding hydrogens is 434 g/mol. The van der Waals surface area contributed by atoms with Gasteiger partial charge >= 0.3 is 0 Å². The summed E-state index contributed by atoms with van der Waals surface area (Å²) < 4.78 is 16.9. The van der Waals surface area contributed by atoms with Crippen molar-refractivity contribution in [1.29, 1.82) is 0 Å². The van der Waals surface area contributed by atoms with Crippen LogP contribution in [0, 0.1) is 0 Å². The zero-order chi connectivity index (χ0) is 19.4. The van der Waals surface area contributed by atoms with Crippen LogP contribution in [0.3, 0.4) is 0 Å². The molecule has 1 fully saturated rings. The lowest BCUT2D eigenvalue weighted by molar-refractivity contribution is -0.128. The Morgan fingerprint density at radius 1 is 0.926 bits per heavy atom. The Balaban J connectivity index is 1.54. The first-order valence-electron chi connectivity index (χ1n) is 8.15. The molecule has 0 radical (unpaired) electrons. The lowest BCUT2D eigenvalue weighted by Gasteiger charge is -2.18. The SMILES string of the molecule is O=C1CO[C@H](COCc2ccc(Cl)cc2Cl)[C@H]1OCc1ccc(Cl)cc1Cl. The second-order valence-corrected chi connectivity index (χ2v) is 7.72. The molecule has 2 atom stereocenters. The molecule has 1 heterocycles. The minimum absolute atomic E-state index is 0.00521. The Labute approximate surface area is 177 Å². The van der Waals surface area contributed by atoms with Gasteiger partial charge in [-0.1, -0.05) is 58.5 Å². The van der Waals surface area contributed by atoms with Crippen LogP contribution in [0.25, 0.3) is 0 Å². The normalized spacial score (nSPS) is 19.6. The zero-order valence-corrected chi connectivity index (χ0v) is 17.1. The molecule has 8 heteroatoms. The maximum atomic E-state index is 12.1. The molecule has 0 aliphatic carbocycles. The Morgan fingerprint density at radius 2 is 1.52 bits per heavy atom. The average Bonchev–Trinajstić information content (AvgIpc) is 2.96. The number of ether oxygens (including phenoxy) is 3. The van der Waals surface area contributed by atoms with Crippen LogP contribution in [0.5, 0.6) is 0 Å². The summed E-state index contributed by atoms with van der Waals surface area (Å²) in [6, 6.07) is 10.3. The fourth-order valence-corrected chi connectivity index (χ4v) is 3.57. The molecule has 2 aromatic rings. The van der Waals surface area contributed by atoms with Gasteiger partial charge in [0.1, 0.15) is 18.8 Å². The van der Waals surface area contributed by atoms with Gasteiger partial charge < -0.3 is 14.2 Å². The van der Waals surface area contributed by atoms with Crippen molar-refractivity contribution in [2.75, 3.05) is 13.2 Å². The summed E-state index contributed by atoms with van der Waals surface area (Å²) in [7, 11) is 0. The van der Waals surface area contributed by atoms with E-state index in [0.717, 1.165) is 11.1 Å². The van der Waals surface area contributed by atoms with E-state index in [2.05, 4.69) is 0 Å². The van der Waals surface area contributed by atoms with E-state index in [0.29, 0.717) is 20.1 Å². The molecule has 0 unspecified atom stereocenters. The van der Waals surface area contributed by atoms with Crippen LogP contribution in [-0.4, -0.2) is 31.2 Å². The highest BCUT2D eigenvalue weighted by Gasteiger charge is 2.37. The number of carbonyl (C=O) groups excluding carboxylic acids is 1. The summed E-state index contributed by atoms with van der Waals surface area (Å²) in [5.41, 5.74) is 1.55. The Morgan fingerprint density at radius 3 is 2.11 bits per heavy atom. The highest BCUT2D eigenvalue weighted by Crippen LogP contribution is 2.25. The monoisotopic (exact) mass is 448 g/mol. The van der Waals surface area contributed by atoms with E-state index in [1.54, 1.807) is 36.4 Å². The Bertz CT molecular complexity index is 827. The van der Waals surface area contributed by atoms with Gasteiger partial charge in [-0.3, -0.25) is 4.79 Å². The summed E-state index contributed by atoms with van der Waals surface area (Å²) >= 11 is 24.0. The predicted octanol–water partition coefficient (Wildman–Crippen LogP) is 5.37. The molecular formula is C19H16Cl4O4. The highest BCUT2D eigenvalue weighted by atomic mass is 35.5. The molecule has 0 saturated carbocycles. The number of halogens is 4. The third kappa shape index (κ3) is 5.58. The molecule has 0 bridgehead atoms. The van der Waals surface area contributed by atoms with Crippen LogP contribution in [-0.2, 0) is 32.2 Å². The molecule has 3 rings (SSSR count). The van der Waals surface area contributed by atoms with Gasteiger partial charge in [0.2, 0.25) is 0 Å². The van der Waals surface area contributed by atoms with Gasteiger partial charge in [-0.15, -0.1) is 0 Å². The standard InChI is InChI=1S/C19H16Cl4O4/c20-13-3-1-11(15(22)5-13)7-25-10-18-19(17(24)9-26-18)27-8-12-2-4-14(21)6-16(12)23/h1-6,18-19H,7-10H2/t18-,19+/m1/s1. The maximum absolute atomic E-state index is 12.1. The molecule has 0 N–H and O–H groups in total. The number of carbonyl (C=O) groups is 1. The average molecular weight is 450 g/mol. The number of Topliss-reactive ketones (excluding diaryl/α,β-unsaturated/α-hetero) is 1. The highest BCUT2D eigenvalue weighted by molar-refractivity contribution is 6.35. The summed E-state index contributed by atoms with van der Waals surface area (Å²) in [4.78, 5) is 12.1. The molecule has 2 aromatic carbocycles. The van der Waals surface area contributed by atoms with Crippen molar-refractivity contribution in [3.05, 3.63) is 67.6 Å². The first kappa shape index (κ1) is 20.9. The van der Waals surface area contributed by atoms with Gasteiger partial charge in [-0.05, 0) is 35.4 Å². The smallest absolute Gasteiger partial charge is 0.189 e. The molecule has 0 amide bonds. The zero-order valence-electron chi connectivity index (χ0n) is 14.1. The van der Waals surface area contributed by atoms with Crippen LogP contribution in [0.4, 0.5) is 0 Å². The van der Waals surface area contributed by atoms with Gasteiger partial charge in [0.25, 0.3) is 0 Å². The van der Waals surface area contributed by atoms with Crippen molar-refractivity contribution < 1.29 is 19.0 Å². The second kappa shape index (κ2) is 9.57. The second-order valence-electron chi connectivity index (χ2n) is 6.03. The Kier molecular flexibility index (Phi) is 7.40. The largest absolute Gasteiger partial charge is 0.374 e. The molecule has 0 aromatic heterocycles. The van der Waals surface area contributed by atoms with Crippen molar-refractivity contribution in [1.82, 2.24) is 0 Å². The predicted molar refractivity (Wildman–Crippen MR) is 106 cm³/mol. The third-order valence-electron chi connectivity index (χ3n) is 4.08. The van der Waals surface area contributed by atoms with Crippen LogP contribution in [0.15, 0.2) is 36.4 Å². The van der Waals surface area contributed by atoms with Gasteiger partial charge in [-0.25, -0.2) is 0 Å². The number of hydrogen-bond acceptors (Lipinski definition) is 4. The lowest BCUT2D eigenvalue weighted by atomic mass is 10.1. The van der Waals surface area contributed by atoms with E-state index < -0.39 is 12.2 Å². The van der Waals surface area contributed by atoms with E-state index in [9.17, 15) is 4.79 Å². The van der Waals surface area contributed by atoms with Gasteiger partial charge in [-0.2, -0.15) is 0 Å². The number of rotatable bonds is 7. The van der Waals surface area contributed by atoms with Crippen molar-refractivity contribution in [3.8, 4) is 0 Å². The number of hydrogen-bond donors (Lipinski definition) is 0. The minimum Gasteiger partial charge on any atom is -0.374 e. The first-order chi connectivity index (χ1) is 12.9. The number of ketones is 1. The van der Waals surface area contributed by atoms with Crippen LogP contribution in [0.2, 0.25) is 20.1 Å². The molecule has 0 spiro atoms. The molecule has 4 nitrogen and oxygen atoms in total. The fourth-order valence-electron chi connectivity index (χ4n) is 2.64. The van der Waals surface area contributed by atoms with Crippen molar-refractivity contribution >= 4 is 52.2 Å².